The van der Waals surface area contributed by atoms with Crippen LogP contribution in [-0.2, 0) is 17.9 Å². The van der Waals surface area contributed by atoms with Crippen molar-refractivity contribution in [2.24, 2.45) is 0 Å². The predicted octanol–water partition coefficient (Wildman–Crippen LogP) is 2.87. The average Bonchev–Trinajstić information content (AvgIpc) is 3.58. The summed E-state index contributed by atoms with van der Waals surface area (Å²) in [6, 6.07) is 12.5. The van der Waals surface area contributed by atoms with Gasteiger partial charge in [0, 0.05) is 23.6 Å². The summed E-state index contributed by atoms with van der Waals surface area (Å²) in [6.45, 7) is -1.03. The van der Waals surface area contributed by atoms with E-state index in [4.69, 9.17) is 23.2 Å². The highest BCUT2D eigenvalue weighted by Gasteiger charge is 2.39. The second-order valence-electron chi connectivity index (χ2n) is 9.00. The number of anilines is 1. The van der Waals surface area contributed by atoms with Gasteiger partial charge >= 0.3 is 11.9 Å². The molecule has 1 saturated heterocycles. The molecule has 16 heteroatoms. The molecule has 3 N–H and O–H groups in total. The summed E-state index contributed by atoms with van der Waals surface area (Å²) in [7, 11) is 0. The van der Waals surface area contributed by atoms with Crippen LogP contribution < -0.4 is 16.3 Å². The molecule has 0 radical (unpaired) electrons. The Labute approximate surface area is 234 Å². The topological polar surface area (TPSA) is 132 Å². The Morgan fingerprint density at radius 3 is 2.48 bits per heavy atom. The standard InChI is InChI=1S/C24H21Cl2F3N8O3/c25-14-7-5-13(6-8-14)21-34-36(23(40)35(21)11-18(38)24(27,28)29)12-19-32-22(31-15-9-20(39)30-10-15)37(33-19)17-4-2-1-3-16(17)26/h1-8,15,18,38H,9-12H2,(H,30,39)(H,31,32,33). The van der Waals surface area contributed by atoms with Crippen molar-refractivity contribution in [3.05, 3.63) is 74.9 Å². The lowest BCUT2D eigenvalue weighted by Crippen LogP contribution is -2.37. The minimum Gasteiger partial charge on any atom is -0.382 e. The lowest BCUT2D eigenvalue weighted by atomic mass is 10.2. The van der Waals surface area contributed by atoms with Crippen LogP contribution >= 0.6 is 23.2 Å². The maximum atomic E-state index is 13.2. The fourth-order valence-electron chi connectivity index (χ4n) is 4.13. The maximum Gasteiger partial charge on any atom is 0.416 e. The number of halogens is 5. The molecule has 1 fully saturated rings. The monoisotopic (exact) mass is 596 g/mol. The number of alkyl halides is 3. The molecule has 0 bridgehead atoms. The zero-order valence-corrected chi connectivity index (χ0v) is 22.0. The molecule has 2 atom stereocenters. The molecule has 2 aromatic carbocycles. The van der Waals surface area contributed by atoms with E-state index in [0.717, 1.165) is 9.25 Å². The van der Waals surface area contributed by atoms with Crippen LogP contribution in [0.4, 0.5) is 19.1 Å². The van der Waals surface area contributed by atoms with Crippen molar-refractivity contribution in [2.75, 3.05) is 11.9 Å². The summed E-state index contributed by atoms with van der Waals surface area (Å²) in [6.07, 6.45) is -7.55. The van der Waals surface area contributed by atoms with E-state index in [0.29, 0.717) is 27.8 Å². The molecular formula is C24H21Cl2F3N8O3. The number of aliphatic hydroxyl groups is 1. The molecule has 40 heavy (non-hydrogen) atoms. The van der Waals surface area contributed by atoms with E-state index in [1.54, 1.807) is 24.3 Å². The highest BCUT2D eigenvalue weighted by molar-refractivity contribution is 6.32. The number of hydrogen-bond donors (Lipinski definition) is 3. The van der Waals surface area contributed by atoms with Crippen LogP contribution in [0.5, 0.6) is 0 Å². The van der Waals surface area contributed by atoms with Crippen LogP contribution in [0, 0.1) is 0 Å². The number of hydrogen-bond acceptors (Lipinski definition) is 7. The molecule has 5 rings (SSSR count). The Bertz CT molecular complexity index is 1600. The largest absolute Gasteiger partial charge is 0.416 e. The zero-order chi connectivity index (χ0) is 28.6. The van der Waals surface area contributed by atoms with Gasteiger partial charge in [0.05, 0.1) is 23.3 Å². The Hall–Kier alpha value is -3.88. The number of rotatable bonds is 8. The molecular weight excluding hydrogens is 576 g/mol. The third-order valence-corrected chi connectivity index (χ3v) is 6.66. The lowest BCUT2D eigenvalue weighted by Gasteiger charge is -2.15. The molecule has 1 amide bonds. The molecule has 1 aliphatic rings. The van der Waals surface area contributed by atoms with Crippen LogP contribution in [0.15, 0.2) is 53.3 Å². The van der Waals surface area contributed by atoms with Gasteiger partial charge in [0.15, 0.2) is 17.8 Å². The second-order valence-corrected chi connectivity index (χ2v) is 9.85. The van der Waals surface area contributed by atoms with Crippen LogP contribution in [0.3, 0.4) is 0 Å². The molecule has 3 heterocycles. The van der Waals surface area contributed by atoms with Crippen molar-refractivity contribution in [3.8, 4) is 17.1 Å². The molecule has 0 spiro atoms. The molecule has 11 nitrogen and oxygen atoms in total. The molecule has 2 unspecified atom stereocenters. The lowest BCUT2D eigenvalue weighted by molar-refractivity contribution is -0.207. The van der Waals surface area contributed by atoms with Crippen molar-refractivity contribution < 1.29 is 23.1 Å². The first-order valence-corrected chi connectivity index (χ1v) is 12.7. The van der Waals surface area contributed by atoms with E-state index in [1.165, 1.54) is 28.9 Å². The Balaban J connectivity index is 1.54. The minimum atomic E-state index is -4.95. The number of nitrogens with zero attached hydrogens (tertiary/aromatic N) is 6. The molecule has 0 saturated carbocycles. The summed E-state index contributed by atoms with van der Waals surface area (Å²) >= 11 is 12.3. The Morgan fingerprint density at radius 2 is 1.82 bits per heavy atom. The first kappa shape index (κ1) is 27.7. The van der Waals surface area contributed by atoms with Crippen LogP contribution in [0.1, 0.15) is 12.2 Å². The molecule has 210 valence electrons. The highest BCUT2D eigenvalue weighted by atomic mass is 35.5. The SMILES string of the molecule is O=C1CC(Nc2nc(Cn3nc(-c4ccc(Cl)cc4)n(CC(O)C(F)(F)F)c3=O)nn2-c2ccccc2Cl)CN1. The average molecular weight is 597 g/mol. The quantitative estimate of drug-likeness (QED) is 0.285. The summed E-state index contributed by atoms with van der Waals surface area (Å²) in [5.74, 6) is 0.0896. The molecule has 0 aliphatic carbocycles. The first-order valence-electron chi connectivity index (χ1n) is 11.9. The van der Waals surface area contributed by atoms with Crippen LogP contribution in [0.2, 0.25) is 10.0 Å². The fourth-order valence-corrected chi connectivity index (χ4v) is 4.47. The number of benzene rings is 2. The van der Waals surface area contributed by atoms with Gasteiger partial charge in [-0.2, -0.15) is 22.8 Å². The number of aromatic nitrogens is 6. The summed E-state index contributed by atoms with van der Waals surface area (Å²) < 4.78 is 42.5. The third kappa shape index (κ3) is 5.83. The van der Waals surface area contributed by atoms with Gasteiger partial charge in [-0.05, 0) is 36.4 Å². The number of amides is 1. The van der Waals surface area contributed by atoms with E-state index in [1.807, 2.05) is 0 Å². The first-order chi connectivity index (χ1) is 19.0. The van der Waals surface area contributed by atoms with Gasteiger partial charge in [0.1, 0.15) is 6.54 Å². The van der Waals surface area contributed by atoms with E-state index >= 15 is 0 Å². The van der Waals surface area contributed by atoms with Crippen molar-refractivity contribution >= 4 is 35.1 Å². The van der Waals surface area contributed by atoms with E-state index in [2.05, 4.69) is 25.8 Å². The molecule has 2 aromatic heterocycles. The van der Waals surface area contributed by atoms with Gasteiger partial charge in [0.2, 0.25) is 11.9 Å². The van der Waals surface area contributed by atoms with Crippen molar-refractivity contribution in [3.63, 3.8) is 0 Å². The highest BCUT2D eigenvalue weighted by Crippen LogP contribution is 2.26. The van der Waals surface area contributed by atoms with E-state index in [9.17, 15) is 27.9 Å². The Morgan fingerprint density at radius 1 is 1.10 bits per heavy atom. The number of aliphatic hydroxyl groups excluding tert-OH is 1. The van der Waals surface area contributed by atoms with Crippen molar-refractivity contribution in [2.45, 2.75) is 37.8 Å². The predicted molar refractivity (Wildman–Crippen MR) is 140 cm³/mol. The van der Waals surface area contributed by atoms with Gasteiger partial charge in [-0.3, -0.25) is 9.36 Å². The number of nitrogens with one attached hydrogen (secondary N) is 2. The number of carbonyl (C=O) groups excluding carboxylic acids is 1. The third-order valence-electron chi connectivity index (χ3n) is 6.09. The molecule has 1 aliphatic heterocycles. The van der Waals surface area contributed by atoms with Crippen molar-refractivity contribution in [1.29, 1.82) is 0 Å². The van der Waals surface area contributed by atoms with E-state index in [-0.39, 0.29) is 42.5 Å². The van der Waals surface area contributed by atoms with Gasteiger partial charge in [-0.1, -0.05) is 35.3 Å². The van der Waals surface area contributed by atoms with Crippen LogP contribution in [0.25, 0.3) is 17.1 Å². The number of para-hydroxylation sites is 1. The van der Waals surface area contributed by atoms with Gasteiger partial charge in [-0.15, -0.1) is 10.2 Å². The summed E-state index contributed by atoms with van der Waals surface area (Å²) in [5, 5.41) is 25.0. The van der Waals surface area contributed by atoms with Gasteiger partial charge < -0.3 is 15.7 Å². The normalized spacial score (nSPS) is 16.2. The Kier molecular flexibility index (Phi) is 7.57. The maximum absolute atomic E-state index is 13.2. The zero-order valence-electron chi connectivity index (χ0n) is 20.4. The van der Waals surface area contributed by atoms with Gasteiger partial charge in [0.25, 0.3) is 0 Å². The molecule has 4 aromatic rings. The van der Waals surface area contributed by atoms with Crippen LogP contribution in [-0.4, -0.2) is 65.0 Å². The van der Waals surface area contributed by atoms with Crippen molar-refractivity contribution in [1.82, 2.24) is 34.4 Å². The van der Waals surface area contributed by atoms with Gasteiger partial charge in [-0.25, -0.2) is 9.48 Å². The smallest absolute Gasteiger partial charge is 0.382 e. The van der Waals surface area contributed by atoms with E-state index < -0.39 is 24.5 Å². The number of carbonyl (C=O) groups is 1. The minimum absolute atomic E-state index is 0.0884. The summed E-state index contributed by atoms with van der Waals surface area (Å²) in [4.78, 5) is 29.4. The fraction of sp³-hybridized carbons (Fsp3) is 0.292. The summed E-state index contributed by atoms with van der Waals surface area (Å²) in [5.41, 5.74) is -0.136. The second kappa shape index (κ2) is 10.9.